The van der Waals surface area contributed by atoms with Gasteiger partial charge in [0, 0.05) is 26.3 Å². The molecule has 2 aromatic carbocycles. The number of aromatic nitrogens is 2. The van der Waals surface area contributed by atoms with Crippen molar-refractivity contribution in [1.29, 1.82) is 0 Å². The van der Waals surface area contributed by atoms with E-state index in [-0.39, 0.29) is 5.91 Å². The van der Waals surface area contributed by atoms with Crippen molar-refractivity contribution in [3.63, 3.8) is 0 Å². The van der Waals surface area contributed by atoms with Crippen molar-refractivity contribution in [1.82, 2.24) is 10.2 Å². The number of halogens is 3. The van der Waals surface area contributed by atoms with Gasteiger partial charge in [-0.15, -0.1) is 0 Å². The van der Waals surface area contributed by atoms with Crippen molar-refractivity contribution >= 4 is 46.4 Å². The molecule has 0 bridgehead atoms. The topological polar surface area (TPSA) is 57.8 Å². The zero-order chi connectivity index (χ0) is 16.4. The van der Waals surface area contributed by atoms with Crippen LogP contribution in [0.4, 0.5) is 5.69 Å². The summed E-state index contributed by atoms with van der Waals surface area (Å²) in [6.07, 6.45) is 0. The monoisotopic (exact) mass is 365 g/mol. The zero-order valence-corrected chi connectivity index (χ0v) is 13.9. The van der Waals surface area contributed by atoms with Gasteiger partial charge in [0.25, 0.3) is 5.91 Å². The van der Waals surface area contributed by atoms with E-state index in [0.717, 1.165) is 5.56 Å². The SMILES string of the molecule is O=C(Nc1cc(Cl)cc(Cl)c1)c1cc(-c2cccc(Cl)c2)n[nH]1. The molecule has 0 unspecified atom stereocenters. The Morgan fingerprint density at radius 3 is 2.39 bits per heavy atom. The first-order valence-electron chi connectivity index (χ1n) is 6.60. The van der Waals surface area contributed by atoms with Gasteiger partial charge in [0.05, 0.1) is 5.69 Å². The minimum Gasteiger partial charge on any atom is -0.321 e. The predicted molar refractivity (Wildman–Crippen MR) is 93.4 cm³/mol. The van der Waals surface area contributed by atoms with Crippen molar-refractivity contribution in [3.8, 4) is 11.3 Å². The average Bonchev–Trinajstić information content (AvgIpc) is 2.96. The van der Waals surface area contributed by atoms with Gasteiger partial charge in [-0.2, -0.15) is 5.10 Å². The summed E-state index contributed by atoms with van der Waals surface area (Å²) in [5.74, 6) is -0.343. The van der Waals surface area contributed by atoms with Crippen LogP contribution in [0.1, 0.15) is 10.5 Å². The Hall–Kier alpha value is -2.01. The molecule has 0 spiro atoms. The molecule has 4 nitrogen and oxygen atoms in total. The Kier molecular flexibility index (Phi) is 4.57. The number of carbonyl (C=O) groups is 1. The van der Waals surface area contributed by atoms with Crippen LogP contribution in [0, 0.1) is 0 Å². The second-order valence-electron chi connectivity index (χ2n) is 4.79. The number of H-pyrrole nitrogens is 1. The molecule has 0 radical (unpaired) electrons. The first-order valence-corrected chi connectivity index (χ1v) is 7.73. The minimum absolute atomic E-state index is 0.316. The summed E-state index contributed by atoms with van der Waals surface area (Å²) in [5, 5.41) is 11.0. The van der Waals surface area contributed by atoms with Gasteiger partial charge in [-0.25, -0.2) is 0 Å². The van der Waals surface area contributed by atoms with E-state index in [1.165, 1.54) is 0 Å². The molecule has 0 atom stereocenters. The van der Waals surface area contributed by atoms with E-state index in [4.69, 9.17) is 34.8 Å². The Bertz CT molecular complexity index is 856. The summed E-state index contributed by atoms with van der Waals surface area (Å²) in [4.78, 5) is 12.3. The fourth-order valence-electron chi connectivity index (χ4n) is 2.06. The lowest BCUT2D eigenvalue weighted by molar-refractivity contribution is 0.102. The van der Waals surface area contributed by atoms with Crippen LogP contribution in [-0.4, -0.2) is 16.1 Å². The van der Waals surface area contributed by atoms with Crippen molar-refractivity contribution < 1.29 is 4.79 Å². The standard InChI is InChI=1S/C16H10Cl3N3O/c17-10-3-1-2-9(4-10)14-8-15(22-21-14)16(23)20-13-6-11(18)5-12(19)7-13/h1-8H,(H,20,23)(H,21,22). The molecule has 116 valence electrons. The van der Waals surface area contributed by atoms with Crippen LogP contribution in [0.2, 0.25) is 15.1 Å². The molecule has 0 aliphatic heterocycles. The number of amides is 1. The maximum atomic E-state index is 12.3. The molecule has 0 saturated heterocycles. The first-order chi connectivity index (χ1) is 11.0. The van der Waals surface area contributed by atoms with Gasteiger partial charge in [-0.1, -0.05) is 46.9 Å². The highest BCUT2D eigenvalue weighted by Gasteiger charge is 2.12. The molecule has 7 heteroatoms. The van der Waals surface area contributed by atoms with Crippen LogP contribution in [0.5, 0.6) is 0 Å². The third kappa shape index (κ3) is 3.85. The van der Waals surface area contributed by atoms with Gasteiger partial charge in [0.2, 0.25) is 0 Å². The van der Waals surface area contributed by atoms with Crippen LogP contribution in [0.15, 0.2) is 48.5 Å². The highest BCUT2D eigenvalue weighted by molar-refractivity contribution is 6.35. The third-order valence-corrected chi connectivity index (χ3v) is 3.73. The van der Waals surface area contributed by atoms with Gasteiger partial charge < -0.3 is 5.32 Å². The molecule has 1 aromatic heterocycles. The molecular formula is C16H10Cl3N3O. The number of hydrogen-bond donors (Lipinski definition) is 2. The maximum Gasteiger partial charge on any atom is 0.273 e. The van der Waals surface area contributed by atoms with Crippen LogP contribution in [-0.2, 0) is 0 Å². The second-order valence-corrected chi connectivity index (χ2v) is 6.10. The summed E-state index contributed by atoms with van der Waals surface area (Å²) in [7, 11) is 0. The average molecular weight is 367 g/mol. The maximum absolute atomic E-state index is 12.3. The largest absolute Gasteiger partial charge is 0.321 e. The fourth-order valence-corrected chi connectivity index (χ4v) is 2.77. The molecule has 0 saturated carbocycles. The smallest absolute Gasteiger partial charge is 0.273 e. The molecule has 0 fully saturated rings. The number of benzene rings is 2. The van der Waals surface area contributed by atoms with Gasteiger partial charge in [-0.3, -0.25) is 9.89 Å². The number of hydrogen-bond acceptors (Lipinski definition) is 2. The van der Waals surface area contributed by atoms with E-state index < -0.39 is 0 Å². The molecular weight excluding hydrogens is 357 g/mol. The molecule has 3 aromatic rings. The molecule has 1 heterocycles. The number of nitrogens with one attached hydrogen (secondary N) is 2. The van der Waals surface area contributed by atoms with E-state index in [2.05, 4.69) is 15.5 Å². The van der Waals surface area contributed by atoms with Crippen LogP contribution < -0.4 is 5.32 Å². The Morgan fingerprint density at radius 2 is 1.70 bits per heavy atom. The quantitative estimate of drug-likeness (QED) is 0.661. The van der Waals surface area contributed by atoms with Gasteiger partial charge in [0.1, 0.15) is 5.69 Å². The van der Waals surface area contributed by atoms with E-state index in [0.29, 0.717) is 32.1 Å². The number of carbonyl (C=O) groups excluding carboxylic acids is 1. The number of anilines is 1. The molecule has 2 N–H and O–H groups in total. The lowest BCUT2D eigenvalue weighted by Crippen LogP contribution is -2.12. The van der Waals surface area contributed by atoms with E-state index >= 15 is 0 Å². The van der Waals surface area contributed by atoms with Crippen LogP contribution in [0.3, 0.4) is 0 Å². The molecule has 3 rings (SSSR count). The predicted octanol–water partition coefficient (Wildman–Crippen LogP) is 5.29. The normalized spacial score (nSPS) is 10.6. The van der Waals surface area contributed by atoms with Crippen LogP contribution >= 0.6 is 34.8 Å². The van der Waals surface area contributed by atoms with Crippen molar-refractivity contribution in [2.75, 3.05) is 5.32 Å². The third-order valence-electron chi connectivity index (χ3n) is 3.06. The van der Waals surface area contributed by atoms with Crippen LogP contribution in [0.25, 0.3) is 11.3 Å². The van der Waals surface area contributed by atoms with E-state index in [1.807, 2.05) is 12.1 Å². The number of rotatable bonds is 3. The Morgan fingerprint density at radius 1 is 0.957 bits per heavy atom. The summed E-state index contributed by atoms with van der Waals surface area (Å²) in [6.45, 7) is 0. The first kappa shape index (κ1) is 15.9. The van der Waals surface area contributed by atoms with E-state index in [9.17, 15) is 4.79 Å². The van der Waals surface area contributed by atoms with Crippen molar-refractivity contribution in [3.05, 3.63) is 69.3 Å². The Balaban J connectivity index is 1.81. The Labute approximate surface area is 147 Å². The molecule has 0 aliphatic rings. The zero-order valence-electron chi connectivity index (χ0n) is 11.6. The lowest BCUT2D eigenvalue weighted by Gasteiger charge is -2.04. The number of aromatic amines is 1. The van der Waals surface area contributed by atoms with Gasteiger partial charge in [-0.05, 0) is 36.4 Å². The highest BCUT2D eigenvalue weighted by atomic mass is 35.5. The van der Waals surface area contributed by atoms with Crippen molar-refractivity contribution in [2.45, 2.75) is 0 Å². The van der Waals surface area contributed by atoms with E-state index in [1.54, 1.807) is 36.4 Å². The second kappa shape index (κ2) is 6.62. The lowest BCUT2D eigenvalue weighted by atomic mass is 10.1. The number of nitrogens with zero attached hydrogens (tertiary/aromatic N) is 1. The van der Waals surface area contributed by atoms with Gasteiger partial charge >= 0.3 is 0 Å². The molecule has 23 heavy (non-hydrogen) atoms. The highest BCUT2D eigenvalue weighted by Crippen LogP contribution is 2.24. The van der Waals surface area contributed by atoms with Gasteiger partial charge in [0.15, 0.2) is 0 Å². The summed E-state index contributed by atoms with van der Waals surface area (Å²) >= 11 is 17.8. The summed E-state index contributed by atoms with van der Waals surface area (Å²) in [6, 6.07) is 13.7. The molecule has 1 amide bonds. The fraction of sp³-hybridized carbons (Fsp3) is 0. The van der Waals surface area contributed by atoms with Crippen molar-refractivity contribution in [2.24, 2.45) is 0 Å². The summed E-state index contributed by atoms with van der Waals surface area (Å²) < 4.78 is 0. The summed E-state index contributed by atoms with van der Waals surface area (Å²) in [5.41, 5.74) is 2.27. The minimum atomic E-state index is -0.343. The molecule has 0 aliphatic carbocycles.